The van der Waals surface area contributed by atoms with Gasteiger partial charge in [-0.05, 0) is 73.6 Å². The summed E-state index contributed by atoms with van der Waals surface area (Å²) in [5, 5.41) is 13.9. The molecule has 0 amide bonds. The molecule has 0 unspecified atom stereocenters. The fourth-order valence-corrected chi connectivity index (χ4v) is 4.76. The van der Waals surface area contributed by atoms with Crippen LogP contribution in [0.25, 0.3) is 0 Å². The van der Waals surface area contributed by atoms with Crippen LogP contribution in [0.1, 0.15) is 36.3 Å². The van der Waals surface area contributed by atoms with Gasteiger partial charge in [-0.25, -0.2) is 0 Å². The monoisotopic (exact) mass is 420 g/mol. The maximum absolute atomic E-state index is 9.75. The van der Waals surface area contributed by atoms with Crippen molar-refractivity contribution in [2.75, 3.05) is 11.5 Å². The predicted molar refractivity (Wildman–Crippen MR) is 119 cm³/mol. The van der Waals surface area contributed by atoms with Crippen LogP contribution in [0.4, 0.5) is 5.69 Å². The number of nitrogens with zero attached hydrogens (tertiary/aromatic N) is 3. The zero-order valence-electron chi connectivity index (χ0n) is 16.5. The first-order valence-electron chi connectivity index (χ1n) is 10.3. The number of thiocarbonyl (C=S) groups is 1. The highest BCUT2D eigenvalue weighted by Crippen LogP contribution is 2.42. The quantitative estimate of drug-likeness (QED) is 0.610. The van der Waals surface area contributed by atoms with Gasteiger partial charge in [-0.15, -0.1) is 0 Å². The number of pyridine rings is 1. The molecule has 30 heavy (non-hydrogen) atoms. The molecule has 2 saturated heterocycles. The number of anilines is 1. The van der Waals surface area contributed by atoms with Gasteiger partial charge in [0.2, 0.25) is 0 Å². The zero-order valence-corrected chi connectivity index (χ0v) is 17.3. The summed E-state index contributed by atoms with van der Waals surface area (Å²) in [6, 6.07) is 17.2. The highest BCUT2D eigenvalue weighted by atomic mass is 32.1. The van der Waals surface area contributed by atoms with Crippen LogP contribution in [0.15, 0.2) is 67.0 Å². The van der Waals surface area contributed by atoms with Crippen molar-refractivity contribution in [1.29, 1.82) is 0 Å². The number of hydrogen-bond acceptors (Lipinski definition) is 4. The van der Waals surface area contributed by atoms with Gasteiger partial charge < -0.3 is 24.6 Å². The molecule has 0 saturated carbocycles. The van der Waals surface area contributed by atoms with E-state index in [4.69, 9.17) is 17.0 Å². The topological polar surface area (TPSA) is 62.5 Å². The molecule has 2 N–H and O–H groups in total. The van der Waals surface area contributed by atoms with Crippen LogP contribution >= 0.6 is 12.2 Å². The number of phenols is 1. The Morgan fingerprint density at radius 1 is 1.13 bits per heavy atom. The summed E-state index contributed by atoms with van der Waals surface area (Å²) in [5.41, 5.74) is 3.02. The van der Waals surface area contributed by atoms with Crippen molar-refractivity contribution in [2.24, 2.45) is 0 Å². The van der Waals surface area contributed by atoms with E-state index in [0.717, 1.165) is 43.1 Å². The second-order valence-corrected chi connectivity index (χ2v) is 8.12. The standard InChI is InChI=1S/C23H24N4O2S/c28-17-10-8-16(9-11-17)27-22(21(25-23(27)30)19-6-1-2-12-24-19)20-7-3-13-26(20)15-18-5-4-14-29-18/h1-3,6-13,18,21-22,28H,4-5,14-15H2,(H,25,30)/t18-,21-,22+/m1/s1. The largest absolute Gasteiger partial charge is 0.508 e. The van der Waals surface area contributed by atoms with Crippen molar-refractivity contribution in [3.8, 4) is 5.75 Å². The lowest BCUT2D eigenvalue weighted by Gasteiger charge is -2.29. The van der Waals surface area contributed by atoms with Crippen molar-refractivity contribution < 1.29 is 9.84 Å². The first kappa shape index (κ1) is 19.1. The molecule has 0 radical (unpaired) electrons. The molecule has 6 nitrogen and oxygen atoms in total. The number of nitrogens with one attached hydrogen (secondary N) is 1. The average molecular weight is 421 g/mol. The van der Waals surface area contributed by atoms with E-state index in [9.17, 15) is 5.11 Å². The lowest BCUT2D eigenvalue weighted by atomic mass is 10.0. The number of aromatic nitrogens is 2. The lowest BCUT2D eigenvalue weighted by molar-refractivity contribution is 0.0961. The van der Waals surface area contributed by atoms with E-state index in [1.165, 1.54) is 0 Å². The van der Waals surface area contributed by atoms with Crippen LogP contribution in [0.5, 0.6) is 5.75 Å². The van der Waals surface area contributed by atoms with Crippen molar-refractivity contribution in [3.05, 3.63) is 78.4 Å². The summed E-state index contributed by atoms with van der Waals surface area (Å²) in [6.07, 6.45) is 6.37. The van der Waals surface area contributed by atoms with Gasteiger partial charge >= 0.3 is 0 Å². The smallest absolute Gasteiger partial charge is 0.174 e. The third-order valence-corrected chi connectivity index (χ3v) is 6.13. The molecule has 154 valence electrons. The van der Waals surface area contributed by atoms with E-state index in [1.807, 2.05) is 36.5 Å². The van der Waals surface area contributed by atoms with Crippen LogP contribution in [0.3, 0.4) is 0 Å². The van der Waals surface area contributed by atoms with Gasteiger partial charge in [0.05, 0.1) is 17.8 Å². The van der Waals surface area contributed by atoms with E-state index in [0.29, 0.717) is 5.11 Å². The Kier molecular flexibility index (Phi) is 5.14. The van der Waals surface area contributed by atoms with Crippen LogP contribution in [-0.2, 0) is 11.3 Å². The van der Waals surface area contributed by atoms with E-state index < -0.39 is 0 Å². The van der Waals surface area contributed by atoms with Crippen LogP contribution in [0, 0.1) is 0 Å². The highest BCUT2D eigenvalue weighted by Gasteiger charge is 2.42. The molecule has 0 bridgehead atoms. The summed E-state index contributed by atoms with van der Waals surface area (Å²) in [5.74, 6) is 0.233. The van der Waals surface area contributed by atoms with E-state index in [1.54, 1.807) is 12.1 Å². The number of hydrogen-bond donors (Lipinski definition) is 2. The fourth-order valence-electron chi connectivity index (χ4n) is 4.42. The molecule has 0 spiro atoms. The Labute approximate surface area is 181 Å². The zero-order chi connectivity index (χ0) is 20.5. The predicted octanol–water partition coefficient (Wildman–Crippen LogP) is 3.94. The number of phenolic OH excluding ortho intramolecular Hbond substituents is 1. The molecule has 2 aliphatic heterocycles. The summed E-state index contributed by atoms with van der Waals surface area (Å²) < 4.78 is 8.16. The van der Waals surface area contributed by atoms with Crippen LogP contribution < -0.4 is 10.2 Å². The Balaban J connectivity index is 1.57. The third-order valence-electron chi connectivity index (χ3n) is 5.82. The van der Waals surface area contributed by atoms with Gasteiger partial charge in [-0.3, -0.25) is 4.98 Å². The van der Waals surface area contributed by atoms with Gasteiger partial charge in [-0.1, -0.05) is 6.07 Å². The Morgan fingerprint density at radius 3 is 2.73 bits per heavy atom. The molecule has 0 aliphatic carbocycles. The van der Waals surface area contributed by atoms with Crippen molar-refractivity contribution >= 4 is 23.0 Å². The van der Waals surface area contributed by atoms with Crippen molar-refractivity contribution in [1.82, 2.24) is 14.9 Å². The molecular weight excluding hydrogens is 396 g/mol. The van der Waals surface area contributed by atoms with Crippen LogP contribution in [-0.4, -0.2) is 32.5 Å². The summed E-state index contributed by atoms with van der Waals surface area (Å²) in [4.78, 5) is 6.73. The molecule has 1 aromatic carbocycles. The summed E-state index contributed by atoms with van der Waals surface area (Å²) in [6.45, 7) is 1.66. The number of aromatic hydroxyl groups is 1. The molecule has 7 heteroatoms. The molecule has 5 rings (SSSR count). The van der Waals surface area contributed by atoms with Gasteiger partial charge in [-0.2, -0.15) is 0 Å². The second kappa shape index (κ2) is 8.08. The first-order valence-corrected chi connectivity index (χ1v) is 10.7. The first-order chi connectivity index (χ1) is 14.7. The fraction of sp³-hybridized carbons (Fsp3) is 0.304. The van der Waals surface area contributed by atoms with Gasteiger partial charge in [0.15, 0.2) is 5.11 Å². The number of ether oxygens (including phenoxy) is 1. The maximum Gasteiger partial charge on any atom is 0.174 e. The molecule has 2 fully saturated rings. The molecule has 4 heterocycles. The van der Waals surface area contributed by atoms with E-state index in [-0.39, 0.29) is 23.9 Å². The van der Waals surface area contributed by atoms with Gasteiger partial charge in [0.25, 0.3) is 0 Å². The number of rotatable bonds is 5. The minimum Gasteiger partial charge on any atom is -0.508 e. The average Bonchev–Trinajstić information content (AvgIpc) is 3.50. The molecular formula is C23H24N4O2S. The third kappa shape index (κ3) is 3.55. The normalized spacial score (nSPS) is 23.7. The Morgan fingerprint density at radius 2 is 2.00 bits per heavy atom. The SMILES string of the molecule is Oc1ccc(N2C(=S)N[C@H](c3ccccn3)[C@@H]2c2cccn2C[C@H]2CCCO2)cc1. The summed E-state index contributed by atoms with van der Waals surface area (Å²) in [7, 11) is 0. The number of benzene rings is 1. The molecule has 3 atom stereocenters. The second-order valence-electron chi connectivity index (χ2n) is 7.73. The Bertz CT molecular complexity index is 1020. The van der Waals surface area contributed by atoms with E-state index >= 15 is 0 Å². The van der Waals surface area contributed by atoms with E-state index in [2.05, 4.69) is 38.1 Å². The van der Waals surface area contributed by atoms with Crippen molar-refractivity contribution in [3.63, 3.8) is 0 Å². The lowest BCUT2D eigenvalue weighted by Crippen LogP contribution is -2.31. The minimum atomic E-state index is -0.0920. The Hall–Kier alpha value is -2.90. The minimum absolute atomic E-state index is 0.0756. The van der Waals surface area contributed by atoms with Gasteiger partial charge in [0, 0.05) is 36.9 Å². The maximum atomic E-state index is 9.75. The molecule has 3 aromatic rings. The summed E-state index contributed by atoms with van der Waals surface area (Å²) >= 11 is 5.76. The highest BCUT2D eigenvalue weighted by molar-refractivity contribution is 7.80. The van der Waals surface area contributed by atoms with Crippen LogP contribution in [0.2, 0.25) is 0 Å². The van der Waals surface area contributed by atoms with Gasteiger partial charge in [0.1, 0.15) is 11.8 Å². The molecule has 2 aliphatic rings. The van der Waals surface area contributed by atoms with Crippen molar-refractivity contribution in [2.45, 2.75) is 37.6 Å². The molecule has 2 aromatic heterocycles.